The van der Waals surface area contributed by atoms with Gasteiger partial charge in [0.15, 0.2) is 4.90 Å². The fraction of sp³-hybridized carbons (Fsp3) is 0.259. The van der Waals surface area contributed by atoms with E-state index in [1.807, 2.05) is 4.57 Å². The molecule has 196 valence electrons. The first-order valence-electron chi connectivity index (χ1n) is 11.7. The van der Waals surface area contributed by atoms with E-state index in [2.05, 4.69) is 18.1 Å². The van der Waals surface area contributed by atoms with Gasteiger partial charge in [-0.25, -0.2) is 13.2 Å². The predicted octanol–water partition coefficient (Wildman–Crippen LogP) is 6.11. The van der Waals surface area contributed by atoms with Crippen molar-refractivity contribution < 1.29 is 25.8 Å². The third-order valence-corrected chi connectivity index (χ3v) is 7.98. The second-order valence-corrected chi connectivity index (χ2v) is 10.7. The van der Waals surface area contributed by atoms with Gasteiger partial charge in [0.1, 0.15) is 23.2 Å². The summed E-state index contributed by atoms with van der Waals surface area (Å²) < 4.78 is 74.4. The van der Waals surface area contributed by atoms with Gasteiger partial charge in [-0.2, -0.15) is 8.42 Å². The highest BCUT2D eigenvalue weighted by Crippen LogP contribution is 2.37. The normalized spacial score (nSPS) is 15.0. The highest BCUT2D eigenvalue weighted by Gasteiger charge is 2.27. The van der Waals surface area contributed by atoms with E-state index in [0.717, 1.165) is 66.2 Å². The number of halogens is 4. The van der Waals surface area contributed by atoms with E-state index in [9.17, 15) is 21.6 Å². The van der Waals surface area contributed by atoms with Gasteiger partial charge in [-0.05, 0) is 92.5 Å². The van der Waals surface area contributed by atoms with Crippen molar-refractivity contribution in [1.82, 2.24) is 9.47 Å². The Bertz CT molecular complexity index is 1500. The van der Waals surface area contributed by atoms with Gasteiger partial charge < -0.3 is 13.7 Å². The number of rotatable bonds is 6. The van der Waals surface area contributed by atoms with Crippen molar-refractivity contribution in [2.24, 2.45) is 0 Å². The lowest BCUT2D eigenvalue weighted by atomic mass is 9.89. The van der Waals surface area contributed by atoms with Crippen LogP contribution in [-0.4, -0.2) is 38.0 Å². The fourth-order valence-corrected chi connectivity index (χ4v) is 5.86. The van der Waals surface area contributed by atoms with Gasteiger partial charge in [0, 0.05) is 23.6 Å². The topological polar surface area (TPSA) is 51.5 Å². The Morgan fingerprint density at radius 1 is 0.946 bits per heavy atom. The van der Waals surface area contributed by atoms with Crippen LogP contribution in [0.5, 0.6) is 5.75 Å². The number of nitrogens with zero attached hydrogens (tertiary/aromatic N) is 2. The highest BCUT2D eigenvalue weighted by molar-refractivity contribution is 7.87. The van der Waals surface area contributed by atoms with E-state index in [-0.39, 0.29) is 29.9 Å². The van der Waals surface area contributed by atoms with Crippen LogP contribution in [-0.2, 0) is 16.7 Å². The van der Waals surface area contributed by atoms with Crippen LogP contribution in [0.25, 0.3) is 10.9 Å². The number of hydrogen-bond acceptors (Lipinski definition) is 4. The maximum absolute atomic E-state index is 14.1. The Kier molecular flexibility index (Phi) is 7.87. The molecular formula is C27H26ClF3N2O3S. The molecule has 1 aliphatic heterocycles. The average molecular weight is 551 g/mol. The summed E-state index contributed by atoms with van der Waals surface area (Å²) in [5.74, 6) is -2.51. The van der Waals surface area contributed by atoms with E-state index in [1.165, 1.54) is 18.2 Å². The van der Waals surface area contributed by atoms with Crippen molar-refractivity contribution in [3.05, 3.63) is 95.4 Å². The van der Waals surface area contributed by atoms with Crippen molar-refractivity contribution in [3.63, 3.8) is 0 Å². The Morgan fingerprint density at radius 3 is 2.24 bits per heavy atom. The molecule has 0 bridgehead atoms. The summed E-state index contributed by atoms with van der Waals surface area (Å²) in [6.45, 7) is 2.38. The van der Waals surface area contributed by atoms with Crippen LogP contribution in [0, 0.1) is 17.5 Å². The van der Waals surface area contributed by atoms with Crippen LogP contribution in [0.15, 0.2) is 71.8 Å². The van der Waals surface area contributed by atoms with Gasteiger partial charge in [0.25, 0.3) is 0 Å². The minimum Gasteiger partial charge on any atom is -0.379 e. The molecule has 3 aromatic carbocycles. The Balaban J connectivity index is 0.00000320. The minimum atomic E-state index is -4.73. The summed E-state index contributed by atoms with van der Waals surface area (Å²) in [7, 11) is -2.66. The third-order valence-electron chi connectivity index (χ3n) is 6.68. The summed E-state index contributed by atoms with van der Waals surface area (Å²) >= 11 is 0. The zero-order chi connectivity index (χ0) is 25.4. The molecule has 10 heteroatoms. The predicted molar refractivity (Wildman–Crippen MR) is 138 cm³/mol. The average Bonchev–Trinajstić information content (AvgIpc) is 3.18. The van der Waals surface area contributed by atoms with E-state index in [0.29, 0.717) is 6.54 Å². The lowest BCUT2D eigenvalue weighted by molar-refractivity contribution is 0.256. The van der Waals surface area contributed by atoms with Crippen LogP contribution < -0.4 is 4.18 Å². The minimum absolute atomic E-state index is 0. The van der Waals surface area contributed by atoms with Gasteiger partial charge in [0.2, 0.25) is 0 Å². The molecule has 1 aliphatic rings. The van der Waals surface area contributed by atoms with Crippen molar-refractivity contribution >= 4 is 33.4 Å². The van der Waals surface area contributed by atoms with Gasteiger partial charge in [0.05, 0.1) is 0 Å². The molecule has 0 N–H and O–H groups in total. The molecule has 0 spiro atoms. The summed E-state index contributed by atoms with van der Waals surface area (Å²) in [6.07, 6.45) is 3.94. The van der Waals surface area contributed by atoms with Crippen molar-refractivity contribution in [1.29, 1.82) is 0 Å². The zero-order valence-electron chi connectivity index (χ0n) is 20.0. The summed E-state index contributed by atoms with van der Waals surface area (Å²) in [4.78, 5) is 1.15. The molecule has 2 heterocycles. The number of benzene rings is 3. The SMILES string of the molecule is CN1CCC(c2cn(Cc3ccc(F)cc3)c3ccc(OS(=O)(=O)c4c(F)cccc4F)cc23)CC1.Cl. The number of aromatic nitrogens is 1. The Morgan fingerprint density at radius 2 is 1.59 bits per heavy atom. The summed E-state index contributed by atoms with van der Waals surface area (Å²) in [6, 6.07) is 13.9. The van der Waals surface area contributed by atoms with Crippen molar-refractivity contribution in [2.45, 2.75) is 30.2 Å². The molecule has 0 unspecified atom stereocenters. The summed E-state index contributed by atoms with van der Waals surface area (Å²) in [5, 5.41) is 0.813. The molecule has 0 amide bonds. The molecule has 1 aromatic heterocycles. The maximum atomic E-state index is 14.1. The molecule has 0 atom stereocenters. The molecule has 5 nitrogen and oxygen atoms in total. The molecule has 1 fully saturated rings. The maximum Gasteiger partial charge on any atom is 0.345 e. The number of piperidine rings is 1. The number of likely N-dealkylation sites (tertiary alicyclic amines) is 1. The second-order valence-electron chi connectivity index (χ2n) is 9.18. The van der Waals surface area contributed by atoms with Gasteiger partial charge in [-0.3, -0.25) is 0 Å². The monoisotopic (exact) mass is 550 g/mol. The van der Waals surface area contributed by atoms with E-state index in [1.54, 1.807) is 24.3 Å². The third kappa shape index (κ3) is 5.63. The molecule has 1 saturated heterocycles. The quantitative estimate of drug-likeness (QED) is 0.272. The van der Waals surface area contributed by atoms with Gasteiger partial charge in [-0.1, -0.05) is 18.2 Å². The van der Waals surface area contributed by atoms with Crippen LogP contribution in [0.2, 0.25) is 0 Å². The second kappa shape index (κ2) is 10.8. The Labute approximate surface area is 220 Å². The molecule has 37 heavy (non-hydrogen) atoms. The van der Waals surface area contributed by atoms with Crippen LogP contribution in [0.4, 0.5) is 13.2 Å². The number of hydrogen-bond donors (Lipinski definition) is 0. The van der Waals surface area contributed by atoms with Gasteiger partial charge in [-0.15, -0.1) is 12.4 Å². The van der Waals surface area contributed by atoms with Crippen LogP contribution in [0.3, 0.4) is 0 Å². The van der Waals surface area contributed by atoms with E-state index >= 15 is 0 Å². The smallest absolute Gasteiger partial charge is 0.345 e. The molecule has 5 rings (SSSR count). The standard InChI is InChI=1S/C27H25F3N2O3S.ClH/c1-31-13-11-19(12-14-31)23-17-32(16-18-5-7-20(28)8-6-18)26-10-9-21(15-22(23)26)35-36(33,34)27-24(29)3-2-4-25(27)30;/h2-10,15,17,19H,11-14,16H2,1H3;1H. The molecule has 4 aromatic rings. The molecule has 0 saturated carbocycles. The first-order valence-corrected chi connectivity index (χ1v) is 13.1. The van der Waals surface area contributed by atoms with Crippen molar-refractivity contribution in [3.8, 4) is 5.75 Å². The molecule has 0 radical (unpaired) electrons. The van der Waals surface area contributed by atoms with Crippen molar-refractivity contribution in [2.75, 3.05) is 20.1 Å². The summed E-state index contributed by atoms with van der Waals surface area (Å²) in [5.41, 5.74) is 2.83. The first kappa shape index (κ1) is 27.0. The zero-order valence-corrected chi connectivity index (χ0v) is 21.7. The lowest BCUT2D eigenvalue weighted by Gasteiger charge is -2.28. The van der Waals surface area contributed by atoms with Crippen LogP contribution in [0.1, 0.15) is 29.9 Å². The van der Waals surface area contributed by atoms with E-state index < -0.39 is 26.6 Å². The molecule has 0 aliphatic carbocycles. The molecular weight excluding hydrogens is 525 g/mol. The van der Waals surface area contributed by atoms with E-state index in [4.69, 9.17) is 4.18 Å². The Hall–Kier alpha value is -3.01. The van der Waals surface area contributed by atoms with Gasteiger partial charge >= 0.3 is 10.1 Å². The first-order chi connectivity index (χ1) is 17.2. The fourth-order valence-electron chi connectivity index (χ4n) is 4.81. The number of fused-ring (bicyclic) bond motifs is 1. The lowest BCUT2D eigenvalue weighted by Crippen LogP contribution is -2.29. The largest absolute Gasteiger partial charge is 0.379 e. The van der Waals surface area contributed by atoms with Crippen LogP contribution >= 0.6 is 12.4 Å². The highest BCUT2D eigenvalue weighted by atomic mass is 35.5.